The van der Waals surface area contributed by atoms with Gasteiger partial charge in [-0.2, -0.15) is 0 Å². The molecule has 0 radical (unpaired) electrons. The number of hydrogen-bond donors (Lipinski definition) is 0. The zero-order chi connectivity index (χ0) is 14.0. The van der Waals surface area contributed by atoms with Crippen LogP contribution in [0.25, 0.3) is 10.8 Å². The van der Waals surface area contributed by atoms with Crippen LogP contribution in [0.4, 0.5) is 0 Å². The quantitative estimate of drug-likeness (QED) is 0.634. The lowest BCUT2D eigenvalue weighted by Gasteiger charge is -2.10. The highest BCUT2D eigenvalue weighted by atomic mass is 79.9. The molecular formula is C15H15BrO3. The number of alkyl halides is 1. The van der Waals surface area contributed by atoms with Crippen molar-refractivity contribution >= 4 is 32.5 Å². The second-order valence-corrected chi connectivity index (χ2v) is 5.62. The second-order valence-electron chi connectivity index (χ2n) is 4.25. The fourth-order valence-corrected chi connectivity index (χ4v) is 2.22. The summed E-state index contributed by atoms with van der Waals surface area (Å²) >= 11 is 3.30. The maximum Gasteiger partial charge on any atom is 0.176 e. The third-order valence-electron chi connectivity index (χ3n) is 2.99. The number of fused-ring (bicyclic) bond motifs is 1. The molecule has 0 aromatic heterocycles. The number of halogens is 1. The highest BCUT2D eigenvalue weighted by Crippen LogP contribution is 2.32. The summed E-state index contributed by atoms with van der Waals surface area (Å²) in [5.41, 5.74) is 0.684. The van der Waals surface area contributed by atoms with Gasteiger partial charge in [0.2, 0.25) is 0 Å². The molecular weight excluding hydrogens is 308 g/mol. The van der Waals surface area contributed by atoms with Gasteiger partial charge in [0.1, 0.15) is 0 Å². The van der Waals surface area contributed by atoms with Crippen LogP contribution in [0.1, 0.15) is 17.3 Å². The maximum atomic E-state index is 12.0. The smallest absolute Gasteiger partial charge is 0.176 e. The zero-order valence-electron chi connectivity index (χ0n) is 11.1. The van der Waals surface area contributed by atoms with E-state index in [0.29, 0.717) is 17.1 Å². The van der Waals surface area contributed by atoms with Gasteiger partial charge < -0.3 is 9.47 Å². The molecule has 100 valence electrons. The largest absolute Gasteiger partial charge is 0.493 e. The van der Waals surface area contributed by atoms with E-state index >= 15 is 0 Å². The summed E-state index contributed by atoms with van der Waals surface area (Å²) in [6, 6.07) is 9.40. The number of methoxy groups -OCH3 is 2. The molecule has 0 N–H and O–H groups in total. The number of Topliss-reactive ketones (excluding diaryl/α,β-unsaturated/α-hetero) is 1. The summed E-state index contributed by atoms with van der Waals surface area (Å²) in [6.07, 6.45) is 0. The molecule has 0 saturated carbocycles. The Morgan fingerprint density at radius 3 is 2.16 bits per heavy atom. The van der Waals surface area contributed by atoms with E-state index in [1.54, 1.807) is 14.2 Å². The molecule has 0 amide bonds. The molecule has 2 aromatic rings. The van der Waals surface area contributed by atoms with E-state index in [1.165, 1.54) is 0 Å². The van der Waals surface area contributed by atoms with Gasteiger partial charge in [0.05, 0.1) is 19.0 Å². The molecule has 2 rings (SSSR count). The summed E-state index contributed by atoms with van der Waals surface area (Å²) in [4.78, 5) is 11.8. The Bertz CT molecular complexity index is 620. The van der Waals surface area contributed by atoms with E-state index in [4.69, 9.17) is 9.47 Å². The fourth-order valence-electron chi connectivity index (χ4n) is 1.96. The standard InChI is InChI=1S/C15H15BrO3/c1-9(16)15(17)11-5-4-10-7-13(18-2)14(19-3)8-12(10)6-11/h4-9H,1-3H3. The van der Waals surface area contributed by atoms with Crippen LogP contribution in [0.2, 0.25) is 0 Å². The Balaban J connectivity index is 2.57. The van der Waals surface area contributed by atoms with Crippen LogP contribution in [0, 0.1) is 0 Å². The van der Waals surface area contributed by atoms with Crippen molar-refractivity contribution in [2.45, 2.75) is 11.8 Å². The van der Waals surface area contributed by atoms with Crippen LogP contribution in [0.3, 0.4) is 0 Å². The van der Waals surface area contributed by atoms with E-state index in [-0.39, 0.29) is 10.6 Å². The number of rotatable bonds is 4. The Hall–Kier alpha value is -1.55. The molecule has 0 spiro atoms. The van der Waals surface area contributed by atoms with Crippen molar-refractivity contribution in [3.8, 4) is 11.5 Å². The Labute approximate surface area is 120 Å². The zero-order valence-corrected chi connectivity index (χ0v) is 12.7. The number of carbonyl (C=O) groups is 1. The van der Waals surface area contributed by atoms with Gasteiger partial charge in [-0.1, -0.05) is 28.1 Å². The predicted octanol–water partition coefficient (Wildman–Crippen LogP) is 3.82. The highest BCUT2D eigenvalue weighted by Gasteiger charge is 2.13. The minimum atomic E-state index is -0.190. The van der Waals surface area contributed by atoms with Crippen LogP contribution in [-0.2, 0) is 0 Å². The molecule has 3 nitrogen and oxygen atoms in total. The molecule has 2 aromatic carbocycles. The lowest BCUT2D eigenvalue weighted by atomic mass is 10.0. The lowest BCUT2D eigenvalue weighted by Crippen LogP contribution is -2.09. The molecule has 19 heavy (non-hydrogen) atoms. The van der Waals surface area contributed by atoms with Crippen molar-refractivity contribution < 1.29 is 14.3 Å². The van der Waals surface area contributed by atoms with E-state index in [9.17, 15) is 4.79 Å². The van der Waals surface area contributed by atoms with E-state index < -0.39 is 0 Å². The predicted molar refractivity (Wildman–Crippen MR) is 79.8 cm³/mol. The lowest BCUT2D eigenvalue weighted by molar-refractivity contribution is 0.0996. The van der Waals surface area contributed by atoms with Crippen LogP contribution < -0.4 is 9.47 Å². The Morgan fingerprint density at radius 2 is 1.63 bits per heavy atom. The number of ether oxygens (including phenoxy) is 2. The fraction of sp³-hybridized carbons (Fsp3) is 0.267. The monoisotopic (exact) mass is 322 g/mol. The van der Waals surface area contributed by atoms with Gasteiger partial charge in [-0.05, 0) is 35.9 Å². The topological polar surface area (TPSA) is 35.5 Å². The molecule has 1 atom stereocenters. The third kappa shape index (κ3) is 2.73. The number of carbonyl (C=O) groups excluding carboxylic acids is 1. The molecule has 1 unspecified atom stereocenters. The van der Waals surface area contributed by atoms with Gasteiger partial charge in [0, 0.05) is 5.56 Å². The van der Waals surface area contributed by atoms with E-state index in [1.807, 2.05) is 37.3 Å². The minimum Gasteiger partial charge on any atom is -0.493 e. The van der Waals surface area contributed by atoms with Crippen LogP contribution in [-0.4, -0.2) is 24.8 Å². The average molecular weight is 323 g/mol. The third-order valence-corrected chi connectivity index (χ3v) is 3.40. The molecule has 0 fully saturated rings. The van der Waals surface area contributed by atoms with Gasteiger partial charge in [0.15, 0.2) is 17.3 Å². The van der Waals surface area contributed by atoms with Crippen LogP contribution in [0.15, 0.2) is 30.3 Å². The van der Waals surface area contributed by atoms with Gasteiger partial charge in [-0.15, -0.1) is 0 Å². The molecule has 4 heteroatoms. The Kier molecular flexibility index (Phi) is 4.10. The summed E-state index contributed by atoms with van der Waals surface area (Å²) in [7, 11) is 3.20. The van der Waals surface area contributed by atoms with Gasteiger partial charge in [-0.3, -0.25) is 4.79 Å². The van der Waals surface area contributed by atoms with Crippen molar-refractivity contribution in [2.24, 2.45) is 0 Å². The molecule has 0 heterocycles. The van der Waals surface area contributed by atoms with Crippen LogP contribution in [0.5, 0.6) is 11.5 Å². The maximum absolute atomic E-state index is 12.0. The van der Waals surface area contributed by atoms with Gasteiger partial charge in [-0.25, -0.2) is 0 Å². The van der Waals surface area contributed by atoms with Crippen molar-refractivity contribution in [2.75, 3.05) is 14.2 Å². The highest BCUT2D eigenvalue weighted by molar-refractivity contribution is 9.10. The first kappa shape index (κ1) is 13.9. The van der Waals surface area contributed by atoms with Crippen molar-refractivity contribution in [3.05, 3.63) is 35.9 Å². The van der Waals surface area contributed by atoms with Crippen molar-refractivity contribution in [1.82, 2.24) is 0 Å². The van der Waals surface area contributed by atoms with Gasteiger partial charge >= 0.3 is 0 Å². The summed E-state index contributed by atoms with van der Waals surface area (Å²) in [6.45, 7) is 1.82. The first-order valence-corrected chi connectivity index (χ1v) is 6.82. The Morgan fingerprint density at radius 1 is 1.05 bits per heavy atom. The summed E-state index contributed by atoms with van der Waals surface area (Å²) in [5.74, 6) is 1.41. The summed E-state index contributed by atoms with van der Waals surface area (Å²) in [5, 5.41) is 1.97. The normalized spacial score (nSPS) is 12.2. The molecule has 0 aliphatic carbocycles. The molecule has 0 bridgehead atoms. The second kappa shape index (κ2) is 5.61. The SMILES string of the molecule is COc1cc2ccc(C(=O)C(C)Br)cc2cc1OC. The van der Waals surface area contributed by atoms with Crippen molar-refractivity contribution in [3.63, 3.8) is 0 Å². The average Bonchev–Trinajstić information content (AvgIpc) is 2.44. The van der Waals surface area contributed by atoms with Crippen LogP contribution >= 0.6 is 15.9 Å². The van der Waals surface area contributed by atoms with E-state index in [2.05, 4.69) is 15.9 Å². The summed E-state index contributed by atoms with van der Waals surface area (Å²) < 4.78 is 10.5. The number of ketones is 1. The number of hydrogen-bond acceptors (Lipinski definition) is 3. The first-order valence-electron chi connectivity index (χ1n) is 5.91. The molecule has 0 saturated heterocycles. The molecule has 0 aliphatic rings. The molecule has 0 aliphatic heterocycles. The van der Waals surface area contributed by atoms with Crippen molar-refractivity contribution in [1.29, 1.82) is 0 Å². The van der Waals surface area contributed by atoms with E-state index in [0.717, 1.165) is 10.8 Å². The van der Waals surface area contributed by atoms with Gasteiger partial charge in [0.25, 0.3) is 0 Å². The number of benzene rings is 2. The first-order chi connectivity index (χ1) is 9.06. The minimum absolute atomic E-state index is 0.0664.